The van der Waals surface area contributed by atoms with Gasteiger partial charge < -0.3 is 5.73 Å². The van der Waals surface area contributed by atoms with Crippen molar-refractivity contribution in [2.45, 2.75) is 31.3 Å². The Kier molecular flexibility index (Phi) is 7.92. The minimum absolute atomic E-state index is 0.502. The fourth-order valence-electron chi connectivity index (χ4n) is 2.64. The van der Waals surface area contributed by atoms with Gasteiger partial charge in [-0.3, -0.25) is 0 Å². The molecule has 2 N–H and O–H groups in total. The predicted octanol–water partition coefficient (Wildman–Crippen LogP) is 5.79. The maximum Gasteiger partial charge on any atom is 0.141 e. The maximum absolute atomic E-state index is 9.88. The highest BCUT2D eigenvalue weighted by molar-refractivity contribution is 8.15. The van der Waals surface area contributed by atoms with Gasteiger partial charge in [-0.25, -0.2) is 9.97 Å². The highest BCUT2D eigenvalue weighted by Gasteiger charge is 2.17. The monoisotopic (exact) mass is 426 g/mol. The summed E-state index contributed by atoms with van der Waals surface area (Å²) in [5.74, 6) is 1.13. The molecule has 0 aliphatic carbocycles. The number of hydrogen-bond donors (Lipinski definition) is 1. The molecule has 0 radical (unpaired) electrons. The molecule has 3 aromatic rings. The second-order valence-corrected chi connectivity index (χ2v) is 9.44. The van der Waals surface area contributed by atoms with Crippen molar-refractivity contribution in [1.82, 2.24) is 9.97 Å². The van der Waals surface area contributed by atoms with Crippen molar-refractivity contribution < 1.29 is 0 Å². The normalized spacial score (nSPS) is 10.8. The van der Waals surface area contributed by atoms with Crippen molar-refractivity contribution in [3.05, 3.63) is 53.0 Å². The first-order chi connectivity index (χ1) is 13.8. The lowest BCUT2D eigenvalue weighted by molar-refractivity contribution is 0.897. The van der Waals surface area contributed by atoms with Crippen molar-refractivity contribution in [1.29, 1.82) is 5.26 Å². The zero-order valence-corrected chi connectivity index (χ0v) is 18.2. The van der Waals surface area contributed by atoms with Crippen LogP contribution >= 0.6 is 34.9 Å². The van der Waals surface area contributed by atoms with Crippen molar-refractivity contribution >= 4 is 34.9 Å². The molecule has 0 aliphatic heterocycles. The number of hydrogen-bond acceptors (Lipinski definition) is 7. The summed E-state index contributed by atoms with van der Waals surface area (Å²) >= 11 is 5.08. The van der Waals surface area contributed by atoms with Crippen LogP contribution in [0.1, 0.15) is 30.9 Å². The predicted molar refractivity (Wildman–Crippen MR) is 121 cm³/mol. The molecule has 0 amide bonds. The minimum Gasteiger partial charge on any atom is -0.326 e. The van der Waals surface area contributed by atoms with Crippen molar-refractivity contribution in [3.8, 4) is 27.9 Å². The van der Waals surface area contributed by atoms with E-state index in [0.29, 0.717) is 12.1 Å². The molecule has 0 atom stereocenters. The van der Waals surface area contributed by atoms with E-state index in [0.717, 1.165) is 43.3 Å². The van der Waals surface area contributed by atoms with E-state index in [4.69, 9.17) is 10.7 Å². The third-order valence-electron chi connectivity index (χ3n) is 4.17. The van der Waals surface area contributed by atoms with E-state index < -0.39 is 0 Å². The van der Waals surface area contributed by atoms with Gasteiger partial charge >= 0.3 is 0 Å². The minimum atomic E-state index is 0.502. The third kappa shape index (κ3) is 5.15. The molecular weight excluding hydrogens is 404 g/mol. The molecule has 0 aliphatic rings. The van der Waals surface area contributed by atoms with Crippen molar-refractivity contribution in [2.75, 3.05) is 10.8 Å². The molecule has 4 nitrogen and oxygen atoms in total. The average molecular weight is 427 g/mol. The summed E-state index contributed by atoms with van der Waals surface area (Å²) in [5.41, 5.74) is 10.1. The maximum atomic E-state index is 9.88. The highest BCUT2D eigenvalue weighted by atomic mass is 32.2. The topological polar surface area (TPSA) is 75.6 Å². The van der Waals surface area contributed by atoms with E-state index in [9.17, 15) is 5.26 Å². The highest BCUT2D eigenvalue weighted by Crippen LogP contribution is 2.35. The zero-order chi connectivity index (χ0) is 19.8. The lowest BCUT2D eigenvalue weighted by Crippen LogP contribution is -1.98. The van der Waals surface area contributed by atoms with Crippen LogP contribution in [0.15, 0.2) is 46.9 Å². The largest absolute Gasteiger partial charge is 0.326 e. The second-order valence-electron chi connectivity index (χ2n) is 6.11. The van der Waals surface area contributed by atoms with Gasteiger partial charge in [0.25, 0.3) is 0 Å². The lowest BCUT2D eigenvalue weighted by atomic mass is 10.00. The second kappa shape index (κ2) is 10.6. The van der Waals surface area contributed by atoms with Gasteiger partial charge in [-0.05, 0) is 29.4 Å². The van der Waals surface area contributed by atoms with Gasteiger partial charge in [0.2, 0.25) is 0 Å². The molecule has 7 heteroatoms. The smallest absolute Gasteiger partial charge is 0.141 e. The number of thiazole rings is 1. The number of unbranched alkanes of at least 4 members (excludes halogenated alkanes) is 1. The molecule has 0 unspecified atom stereocenters. The number of nitrogens with zero attached hydrogens (tertiary/aromatic N) is 3. The van der Waals surface area contributed by atoms with Gasteiger partial charge in [-0.2, -0.15) is 17.0 Å². The number of benzene rings is 1. The Labute approximate surface area is 178 Å². The summed E-state index contributed by atoms with van der Waals surface area (Å²) in [5, 5.41) is 14.3. The van der Waals surface area contributed by atoms with Crippen LogP contribution in [0.3, 0.4) is 0 Å². The van der Waals surface area contributed by atoms with E-state index in [-0.39, 0.29) is 0 Å². The van der Waals surface area contributed by atoms with Gasteiger partial charge in [0, 0.05) is 28.8 Å². The van der Waals surface area contributed by atoms with Crippen LogP contribution < -0.4 is 5.73 Å². The fourth-order valence-corrected chi connectivity index (χ4v) is 5.45. The Balaban J connectivity index is 1.99. The fraction of sp³-hybridized carbons (Fsp3) is 0.286. The first-order valence-electron chi connectivity index (χ1n) is 9.11. The van der Waals surface area contributed by atoms with E-state index in [2.05, 4.69) is 18.0 Å². The van der Waals surface area contributed by atoms with E-state index in [1.165, 1.54) is 12.8 Å². The summed E-state index contributed by atoms with van der Waals surface area (Å²) in [6.45, 7) is 2.70. The van der Waals surface area contributed by atoms with Crippen LogP contribution in [-0.4, -0.2) is 20.8 Å². The first kappa shape index (κ1) is 20.9. The molecule has 0 saturated heterocycles. The standard InChI is InChI=1S/C21H22N4S3/c1-2-3-9-26-14-28-20-18(13-23)17(16-6-4-15(12-22)5-7-16)11-19(25-20)21-24-8-10-27-21/h4-8,10-11H,2-3,9,12,14,22H2,1H3. The molecule has 28 heavy (non-hydrogen) atoms. The average Bonchev–Trinajstić information content (AvgIpc) is 3.28. The zero-order valence-electron chi connectivity index (χ0n) is 15.7. The Morgan fingerprint density at radius 2 is 2.07 bits per heavy atom. The summed E-state index contributed by atoms with van der Waals surface area (Å²) in [6.07, 6.45) is 4.19. The van der Waals surface area contributed by atoms with Crippen LogP contribution in [0.2, 0.25) is 0 Å². The van der Waals surface area contributed by atoms with Crippen LogP contribution in [0, 0.1) is 11.3 Å². The van der Waals surface area contributed by atoms with Gasteiger partial charge in [0.15, 0.2) is 0 Å². The number of rotatable bonds is 9. The molecule has 0 spiro atoms. The van der Waals surface area contributed by atoms with Gasteiger partial charge in [0.1, 0.15) is 21.8 Å². The SMILES string of the molecule is CCCCSCSc1nc(-c2nccs2)cc(-c2ccc(CN)cc2)c1C#N. The van der Waals surface area contributed by atoms with E-state index in [1.54, 1.807) is 29.3 Å². The van der Waals surface area contributed by atoms with Crippen molar-refractivity contribution in [2.24, 2.45) is 5.73 Å². The summed E-state index contributed by atoms with van der Waals surface area (Å²) < 4.78 is 0. The number of thioether (sulfide) groups is 2. The Morgan fingerprint density at radius 3 is 2.71 bits per heavy atom. The molecule has 0 bridgehead atoms. The van der Waals surface area contributed by atoms with Gasteiger partial charge in [-0.15, -0.1) is 11.3 Å². The van der Waals surface area contributed by atoms with Crippen LogP contribution in [0.4, 0.5) is 0 Å². The molecule has 2 aromatic heterocycles. The summed E-state index contributed by atoms with van der Waals surface area (Å²) in [4.78, 5) is 9.19. The lowest BCUT2D eigenvalue weighted by Gasteiger charge is -2.12. The van der Waals surface area contributed by atoms with Gasteiger partial charge in [0.05, 0.1) is 5.56 Å². The molecule has 1 aromatic carbocycles. The quantitative estimate of drug-likeness (QED) is 0.265. The molecule has 144 valence electrons. The first-order valence-corrected chi connectivity index (χ1v) is 12.1. The number of pyridine rings is 1. The van der Waals surface area contributed by atoms with Crippen LogP contribution in [0.5, 0.6) is 0 Å². The van der Waals surface area contributed by atoms with Crippen LogP contribution in [0.25, 0.3) is 21.8 Å². The number of nitriles is 1. The number of nitrogens with two attached hydrogens (primary N) is 1. The Bertz CT molecular complexity index is 932. The summed E-state index contributed by atoms with van der Waals surface area (Å²) in [6, 6.07) is 12.4. The molecule has 0 fully saturated rings. The summed E-state index contributed by atoms with van der Waals surface area (Å²) in [7, 11) is 0. The molecule has 2 heterocycles. The van der Waals surface area contributed by atoms with E-state index >= 15 is 0 Å². The number of aromatic nitrogens is 2. The van der Waals surface area contributed by atoms with Crippen molar-refractivity contribution in [3.63, 3.8) is 0 Å². The Hall–Kier alpha value is -1.85. The van der Waals surface area contributed by atoms with E-state index in [1.807, 2.05) is 47.5 Å². The molecule has 0 saturated carbocycles. The third-order valence-corrected chi connectivity index (χ3v) is 7.25. The Morgan fingerprint density at radius 1 is 1.25 bits per heavy atom. The molecular formula is C21H22N4S3. The van der Waals surface area contributed by atoms with Crippen LogP contribution in [-0.2, 0) is 6.54 Å². The van der Waals surface area contributed by atoms with Gasteiger partial charge in [-0.1, -0.05) is 49.4 Å². The molecule has 3 rings (SSSR count).